The molecule has 0 unspecified atom stereocenters. The molecule has 0 aliphatic heterocycles. The molecule has 0 aromatic heterocycles. The van der Waals surface area contributed by atoms with Crippen molar-refractivity contribution in [2.45, 2.75) is 110 Å². The number of rotatable bonds is 24. The maximum absolute atomic E-state index is 12.0. The SMILES string of the molecule is CCCCCCCCCCCCCCCCCCNC(=O)NCNC(=O)COc1ccc(Oc2ccc(O)cc2)cc1. The highest BCUT2D eigenvalue weighted by Gasteiger charge is 2.05. The van der Waals surface area contributed by atoms with Crippen molar-refractivity contribution in [1.82, 2.24) is 16.0 Å². The lowest BCUT2D eigenvalue weighted by Crippen LogP contribution is -2.43. The number of hydrogen-bond donors (Lipinski definition) is 4. The van der Waals surface area contributed by atoms with E-state index in [9.17, 15) is 14.7 Å². The number of unbranched alkanes of at least 4 members (excludes halogenated alkanes) is 15. The van der Waals surface area contributed by atoms with Gasteiger partial charge in [-0.25, -0.2) is 4.79 Å². The van der Waals surface area contributed by atoms with E-state index in [1.807, 2.05) is 0 Å². The summed E-state index contributed by atoms with van der Waals surface area (Å²) >= 11 is 0. The van der Waals surface area contributed by atoms with Gasteiger partial charge >= 0.3 is 6.03 Å². The van der Waals surface area contributed by atoms with E-state index in [4.69, 9.17) is 9.47 Å². The van der Waals surface area contributed by atoms with Gasteiger partial charge < -0.3 is 30.5 Å². The van der Waals surface area contributed by atoms with Crippen molar-refractivity contribution in [3.05, 3.63) is 48.5 Å². The number of hydrogen-bond acceptors (Lipinski definition) is 5. The molecule has 2 rings (SSSR count). The van der Waals surface area contributed by atoms with Gasteiger partial charge in [-0.1, -0.05) is 103 Å². The highest BCUT2D eigenvalue weighted by molar-refractivity contribution is 5.78. The molecule has 0 spiro atoms. The van der Waals surface area contributed by atoms with Crippen molar-refractivity contribution in [1.29, 1.82) is 0 Å². The lowest BCUT2D eigenvalue weighted by molar-refractivity contribution is -0.123. The van der Waals surface area contributed by atoms with Crippen molar-refractivity contribution < 1.29 is 24.2 Å². The van der Waals surface area contributed by atoms with Crippen LogP contribution in [0.25, 0.3) is 0 Å². The van der Waals surface area contributed by atoms with Gasteiger partial charge in [0.05, 0.1) is 6.67 Å². The summed E-state index contributed by atoms with van der Waals surface area (Å²) in [6, 6.07) is 13.0. The van der Waals surface area contributed by atoms with Crippen molar-refractivity contribution in [3.63, 3.8) is 0 Å². The van der Waals surface area contributed by atoms with Crippen LogP contribution in [0.5, 0.6) is 23.0 Å². The van der Waals surface area contributed by atoms with Crippen LogP contribution in [0.1, 0.15) is 110 Å². The van der Waals surface area contributed by atoms with E-state index in [2.05, 4.69) is 22.9 Å². The minimum atomic E-state index is -0.336. The Kier molecular flexibility index (Phi) is 19.2. The van der Waals surface area contributed by atoms with Crippen LogP contribution in [-0.4, -0.2) is 36.9 Å². The molecule has 0 saturated carbocycles. The van der Waals surface area contributed by atoms with Crippen LogP contribution in [0.3, 0.4) is 0 Å². The third-order valence-electron chi connectivity index (χ3n) is 7.12. The first-order valence-electron chi connectivity index (χ1n) is 16.0. The minimum Gasteiger partial charge on any atom is -0.508 e. The Bertz CT molecular complexity index is 966. The van der Waals surface area contributed by atoms with Crippen molar-refractivity contribution in [3.8, 4) is 23.0 Å². The molecule has 2 aromatic carbocycles. The summed E-state index contributed by atoms with van der Waals surface area (Å²) < 4.78 is 11.2. The number of ether oxygens (including phenoxy) is 2. The number of amides is 3. The summed E-state index contributed by atoms with van der Waals surface area (Å²) in [5.74, 6) is 1.56. The number of nitrogens with one attached hydrogen (secondary N) is 3. The molecule has 4 N–H and O–H groups in total. The predicted octanol–water partition coefficient (Wildman–Crippen LogP) is 8.20. The molecule has 234 valence electrons. The van der Waals surface area contributed by atoms with Gasteiger partial charge in [0.25, 0.3) is 5.91 Å². The number of carbonyl (C=O) groups excluding carboxylic acids is 2. The number of phenols is 1. The molecule has 3 amide bonds. The fourth-order valence-electron chi connectivity index (χ4n) is 4.61. The molecule has 8 nitrogen and oxygen atoms in total. The number of phenolic OH excluding ortho intramolecular Hbond substituents is 1. The second-order valence-electron chi connectivity index (χ2n) is 10.9. The number of aromatic hydroxyl groups is 1. The summed E-state index contributed by atoms with van der Waals surface area (Å²) in [5.41, 5.74) is 0. The molecule has 0 heterocycles. The fraction of sp³-hybridized carbons (Fsp3) is 0.588. The van der Waals surface area contributed by atoms with Gasteiger partial charge in [-0.3, -0.25) is 4.79 Å². The molecule has 0 atom stereocenters. The summed E-state index contributed by atoms with van der Waals surface area (Å²) in [7, 11) is 0. The van der Waals surface area contributed by atoms with Crippen LogP contribution in [0.4, 0.5) is 4.79 Å². The summed E-state index contributed by atoms with van der Waals surface area (Å²) in [6.07, 6.45) is 21.2. The predicted molar refractivity (Wildman–Crippen MR) is 169 cm³/mol. The molecular formula is C34H53N3O5. The molecule has 0 saturated heterocycles. The quantitative estimate of drug-likeness (QED) is 0.0736. The van der Waals surface area contributed by atoms with Gasteiger partial charge in [0.2, 0.25) is 0 Å². The highest BCUT2D eigenvalue weighted by Crippen LogP contribution is 2.25. The van der Waals surface area contributed by atoms with E-state index in [1.165, 1.54) is 89.9 Å². The zero-order valence-electron chi connectivity index (χ0n) is 25.6. The first-order valence-corrected chi connectivity index (χ1v) is 16.0. The summed E-state index contributed by atoms with van der Waals surface area (Å²) in [6.45, 7) is 2.77. The Morgan fingerprint density at radius 3 is 1.57 bits per heavy atom. The Hall–Kier alpha value is -3.42. The van der Waals surface area contributed by atoms with Crippen molar-refractivity contribution in [2.24, 2.45) is 0 Å². The smallest absolute Gasteiger partial charge is 0.316 e. The topological polar surface area (TPSA) is 109 Å². The van der Waals surface area contributed by atoms with E-state index in [-0.39, 0.29) is 31.0 Å². The summed E-state index contributed by atoms with van der Waals surface area (Å²) in [4.78, 5) is 23.9. The van der Waals surface area contributed by atoms with E-state index < -0.39 is 0 Å². The molecule has 42 heavy (non-hydrogen) atoms. The molecule has 0 aliphatic carbocycles. The third-order valence-corrected chi connectivity index (χ3v) is 7.12. The van der Waals surface area contributed by atoms with E-state index in [0.717, 1.165) is 12.8 Å². The zero-order chi connectivity index (χ0) is 30.1. The van der Waals surface area contributed by atoms with Crippen LogP contribution >= 0.6 is 0 Å². The number of urea groups is 1. The van der Waals surface area contributed by atoms with Crippen LogP contribution in [0, 0.1) is 0 Å². The monoisotopic (exact) mass is 583 g/mol. The maximum Gasteiger partial charge on any atom is 0.316 e. The molecule has 8 heteroatoms. The molecule has 0 bridgehead atoms. The number of carbonyl (C=O) groups is 2. The largest absolute Gasteiger partial charge is 0.508 e. The van der Waals surface area contributed by atoms with E-state index in [1.54, 1.807) is 48.5 Å². The standard InChI is InChI=1S/C34H53N3O5/c1-2-3-4-5-6-7-8-9-10-11-12-13-14-15-16-17-26-35-34(40)37-28-36-33(39)27-41-30-22-24-32(25-23-30)42-31-20-18-29(38)19-21-31/h18-25,38H,2-17,26-28H2,1H3,(H,36,39)(H2,35,37,40). The Morgan fingerprint density at radius 1 is 0.595 bits per heavy atom. The summed E-state index contributed by atoms with van der Waals surface area (Å²) in [5, 5.41) is 17.4. The molecular weight excluding hydrogens is 530 g/mol. The second-order valence-corrected chi connectivity index (χ2v) is 10.9. The molecule has 2 aromatic rings. The fourth-order valence-corrected chi connectivity index (χ4v) is 4.61. The maximum atomic E-state index is 12.0. The lowest BCUT2D eigenvalue weighted by atomic mass is 10.0. The van der Waals surface area contributed by atoms with Crippen LogP contribution < -0.4 is 25.4 Å². The molecule has 0 radical (unpaired) electrons. The average Bonchev–Trinajstić information content (AvgIpc) is 2.99. The van der Waals surface area contributed by atoms with Gasteiger partial charge in [0, 0.05) is 6.54 Å². The average molecular weight is 584 g/mol. The van der Waals surface area contributed by atoms with Gasteiger partial charge in [0.1, 0.15) is 23.0 Å². The normalized spacial score (nSPS) is 10.7. The second kappa shape index (κ2) is 23.2. The van der Waals surface area contributed by atoms with E-state index >= 15 is 0 Å². The van der Waals surface area contributed by atoms with Crippen molar-refractivity contribution >= 4 is 11.9 Å². The zero-order valence-corrected chi connectivity index (χ0v) is 25.6. The highest BCUT2D eigenvalue weighted by atomic mass is 16.5. The van der Waals surface area contributed by atoms with Gasteiger partial charge in [0.15, 0.2) is 6.61 Å². The van der Waals surface area contributed by atoms with Crippen molar-refractivity contribution in [2.75, 3.05) is 19.8 Å². The van der Waals surface area contributed by atoms with Gasteiger partial charge in [-0.2, -0.15) is 0 Å². The first-order chi connectivity index (χ1) is 20.6. The minimum absolute atomic E-state index is 0.0341. The Balaban J connectivity index is 1.36. The van der Waals surface area contributed by atoms with Crippen LogP contribution in [0.15, 0.2) is 48.5 Å². The first kappa shape index (κ1) is 34.8. The number of benzene rings is 2. The third kappa shape index (κ3) is 18.1. The Morgan fingerprint density at radius 2 is 1.05 bits per heavy atom. The Labute approximate surface area is 253 Å². The van der Waals surface area contributed by atoms with E-state index in [0.29, 0.717) is 23.8 Å². The van der Waals surface area contributed by atoms with Gasteiger partial charge in [-0.15, -0.1) is 0 Å². The lowest BCUT2D eigenvalue weighted by Gasteiger charge is -2.10. The van der Waals surface area contributed by atoms with Crippen LogP contribution in [0.2, 0.25) is 0 Å². The van der Waals surface area contributed by atoms with Gasteiger partial charge in [-0.05, 0) is 55.0 Å². The molecule has 0 fully saturated rings. The van der Waals surface area contributed by atoms with Crippen LogP contribution in [-0.2, 0) is 4.79 Å². The molecule has 0 aliphatic rings.